The van der Waals surface area contributed by atoms with E-state index in [1.165, 1.54) is 19.1 Å². The van der Waals surface area contributed by atoms with Crippen LogP contribution in [0.4, 0.5) is 0 Å². The molecule has 0 saturated carbocycles. The zero-order valence-corrected chi connectivity index (χ0v) is 11.4. The largest absolute Gasteiger partial charge is 0.504 e. The molecule has 19 heavy (non-hydrogen) atoms. The molecule has 0 heterocycles. The molecule has 2 aromatic carbocycles. The van der Waals surface area contributed by atoms with Crippen molar-refractivity contribution in [3.05, 3.63) is 47.5 Å². The van der Waals surface area contributed by atoms with Crippen molar-refractivity contribution in [2.75, 3.05) is 0 Å². The highest BCUT2D eigenvalue weighted by Gasteiger charge is 2.21. The van der Waals surface area contributed by atoms with Gasteiger partial charge in [-0.3, -0.25) is 0 Å². The van der Waals surface area contributed by atoms with Crippen LogP contribution >= 0.6 is 0 Å². The molecule has 2 rings (SSSR count). The van der Waals surface area contributed by atoms with Gasteiger partial charge in [-0.15, -0.1) is 0 Å². The van der Waals surface area contributed by atoms with Crippen molar-refractivity contribution >= 4 is 9.84 Å². The second-order valence-corrected chi connectivity index (χ2v) is 6.29. The summed E-state index contributed by atoms with van der Waals surface area (Å²) in [4.78, 5) is 0.161. The lowest BCUT2D eigenvalue weighted by molar-refractivity contribution is 0.399. The maximum Gasteiger partial charge on any atom is 0.207 e. The van der Waals surface area contributed by atoms with E-state index in [1.807, 2.05) is 0 Å². The van der Waals surface area contributed by atoms with Crippen LogP contribution < -0.4 is 0 Å². The number of rotatable bonds is 2. The first-order valence-corrected chi connectivity index (χ1v) is 7.15. The van der Waals surface area contributed by atoms with E-state index in [2.05, 4.69) is 0 Å². The molecule has 4 nitrogen and oxygen atoms in total. The first-order chi connectivity index (χ1) is 8.84. The Hall–Kier alpha value is -2.01. The van der Waals surface area contributed by atoms with Gasteiger partial charge in [-0.25, -0.2) is 8.42 Å². The monoisotopic (exact) mass is 278 g/mol. The standard InChI is InChI=1S/C14H14O4S/c1-9-5-3-4-6-13(9)19(17,18)11-7-10(2)14(16)12(15)8-11/h3-8,15-16H,1-2H3. The molecule has 2 N–H and O–H groups in total. The third-order valence-electron chi connectivity index (χ3n) is 2.95. The number of hydrogen-bond donors (Lipinski definition) is 2. The van der Waals surface area contributed by atoms with Gasteiger partial charge in [0.25, 0.3) is 0 Å². The van der Waals surface area contributed by atoms with Crippen molar-refractivity contribution < 1.29 is 18.6 Å². The highest BCUT2D eigenvalue weighted by molar-refractivity contribution is 7.91. The first-order valence-electron chi connectivity index (χ1n) is 5.67. The summed E-state index contributed by atoms with van der Waals surface area (Å²) in [6, 6.07) is 9.03. The van der Waals surface area contributed by atoms with Gasteiger partial charge >= 0.3 is 0 Å². The van der Waals surface area contributed by atoms with Gasteiger partial charge in [-0.05, 0) is 37.1 Å². The molecule has 0 aromatic heterocycles. The van der Waals surface area contributed by atoms with Gasteiger partial charge in [0, 0.05) is 6.07 Å². The molecule has 0 amide bonds. The van der Waals surface area contributed by atoms with Crippen LogP contribution in [0.1, 0.15) is 11.1 Å². The van der Waals surface area contributed by atoms with Gasteiger partial charge in [0.05, 0.1) is 9.79 Å². The molecule has 0 atom stereocenters. The number of phenolic OH excluding ortho intramolecular Hbond substituents is 2. The van der Waals surface area contributed by atoms with Crippen LogP contribution in [0.25, 0.3) is 0 Å². The molecule has 2 aromatic rings. The van der Waals surface area contributed by atoms with Crippen LogP contribution in [0, 0.1) is 13.8 Å². The fourth-order valence-corrected chi connectivity index (χ4v) is 3.47. The van der Waals surface area contributed by atoms with Crippen LogP contribution in [0.5, 0.6) is 11.5 Å². The molecule has 0 aliphatic rings. The third kappa shape index (κ3) is 2.29. The summed E-state index contributed by atoms with van der Waals surface area (Å²) in [6.07, 6.45) is 0. The van der Waals surface area contributed by atoms with Crippen molar-refractivity contribution in [3.63, 3.8) is 0 Å². The Morgan fingerprint density at radius 1 is 0.947 bits per heavy atom. The fraction of sp³-hybridized carbons (Fsp3) is 0.143. The van der Waals surface area contributed by atoms with Crippen molar-refractivity contribution in [1.82, 2.24) is 0 Å². The van der Waals surface area contributed by atoms with Crippen molar-refractivity contribution in [2.24, 2.45) is 0 Å². The second-order valence-electron chi connectivity index (χ2n) is 4.38. The maximum absolute atomic E-state index is 12.5. The Morgan fingerprint density at radius 3 is 2.16 bits per heavy atom. The average Bonchev–Trinajstić information content (AvgIpc) is 2.35. The average molecular weight is 278 g/mol. The summed E-state index contributed by atoms with van der Waals surface area (Å²) in [5, 5.41) is 19.0. The highest BCUT2D eigenvalue weighted by Crippen LogP contribution is 2.34. The smallest absolute Gasteiger partial charge is 0.207 e. The minimum Gasteiger partial charge on any atom is -0.504 e. The molecule has 0 spiro atoms. The Bertz CT molecular complexity index is 710. The van der Waals surface area contributed by atoms with Gasteiger partial charge < -0.3 is 10.2 Å². The summed E-state index contributed by atoms with van der Waals surface area (Å²) < 4.78 is 25.0. The lowest BCUT2D eigenvalue weighted by Gasteiger charge is -2.10. The number of phenols is 2. The quantitative estimate of drug-likeness (QED) is 0.828. The predicted octanol–water partition coefficient (Wildman–Crippen LogP) is 2.55. The van der Waals surface area contributed by atoms with E-state index in [0.29, 0.717) is 11.1 Å². The Balaban J connectivity index is 2.68. The summed E-state index contributed by atoms with van der Waals surface area (Å²) >= 11 is 0. The van der Waals surface area contributed by atoms with Crippen molar-refractivity contribution in [3.8, 4) is 11.5 Å². The summed E-state index contributed by atoms with van der Waals surface area (Å²) in [7, 11) is -3.70. The van der Waals surface area contributed by atoms with Crippen molar-refractivity contribution in [2.45, 2.75) is 23.6 Å². The van der Waals surface area contributed by atoms with Gasteiger partial charge in [0.1, 0.15) is 0 Å². The molecule has 100 valence electrons. The van der Waals surface area contributed by atoms with Gasteiger partial charge in [0.2, 0.25) is 9.84 Å². The normalized spacial score (nSPS) is 11.5. The van der Waals surface area contributed by atoms with E-state index in [1.54, 1.807) is 25.1 Å². The maximum atomic E-state index is 12.5. The molecule has 0 aliphatic heterocycles. The zero-order valence-electron chi connectivity index (χ0n) is 10.6. The van der Waals surface area contributed by atoms with Crippen LogP contribution in [-0.4, -0.2) is 18.6 Å². The first kappa shape index (κ1) is 13.4. The second kappa shape index (κ2) is 4.59. The molecule has 0 radical (unpaired) electrons. The summed E-state index contributed by atoms with van der Waals surface area (Å²) in [5.74, 6) is -0.740. The Labute approximate surface area is 111 Å². The van der Waals surface area contributed by atoms with Gasteiger partial charge in [0.15, 0.2) is 11.5 Å². The lowest BCUT2D eigenvalue weighted by Crippen LogP contribution is -2.04. The fourth-order valence-electron chi connectivity index (χ4n) is 1.87. The van der Waals surface area contributed by atoms with Crippen LogP contribution in [0.3, 0.4) is 0 Å². The molecule has 0 saturated heterocycles. The van der Waals surface area contributed by atoms with Crippen LogP contribution in [-0.2, 0) is 9.84 Å². The number of aromatic hydroxyl groups is 2. The molecule has 0 bridgehead atoms. The van der Waals surface area contributed by atoms with Crippen molar-refractivity contribution in [1.29, 1.82) is 0 Å². The van der Waals surface area contributed by atoms with E-state index in [-0.39, 0.29) is 15.5 Å². The number of sulfone groups is 1. The molecule has 0 fully saturated rings. The van der Waals surface area contributed by atoms with E-state index >= 15 is 0 Å². The molecule has 0 aliphatic carbocycles. The minimum atomic E-state index is -3.70. The molecular weight excluding hydrogens is 264 g/mol. The molecule has 5 heteroatoms. The third-order valence-corrected chi connectivity index (χ3v) is 4.84. The lowest BCUT2D eigenvalue weighted by atomic mass is 10.2. The number of hydrogen-bond acceptors (Lipinski definition) is 4. The van der Waals surface area contributed by atoms with Gasteiger partial charge in [-0.1, -0.05) is 18.2 Å². The van der Waals surface area contributed by atoms with Crippen LogP contribution in [0.15, 0.2) is 46.2 Å². The number of benzene rings is 2. The molecular formula is C14H14O4S. The van der Waals surface area contributed by atoms with Crippen LogP contribution in [0.2, 0.25) is 0 Å². The summed E-state index contributed by atoms with van der Waals surface area (Å²) in [5.41, 5.74) is 0.944. The van der Waals surface area contributed by atoms with E-state index in [0.717, 1.165) is 6.07 Å². The predicted molar refractivity (Wildman–Crippen MR) is 71.1 cm³/mol. The zero-order chi connectivity index (χ0) is 14.2. The van der Waals surface area contributed by atoms with Gasteiger partial charge in [-0.2, -0.15) is 0 Å². The van der Waals surface area contributed by atoms with E-state index in [9.17, 15) is 18.6 Å². The number of aryl methyl sites for hydroxylation is 2. The van der Waals surface area contributed by atoms with E-state index < -0.39 is 15.6 Å². The molecule has 0 unspecified atom stereocenters. The minimum absolute atomic E-state index is 0.0328. The highest BCUT2D eigenvalue weighted by atomic mass is 32.2. The SMILES string of the molecule is Cc1ccccc1S(=O)(=O)c1cc(C)c(O)c(O)c1. The Morgan fingerprint density at radius 2 is 1.58 bits per heavy atom. The Kier molecular flexibility index (Phi) is 3.24. The van der Waals surface area contributed by atoms with E-state index in [4.69, 9.17) is 0 Å². The topological polar surface area (TPSA) is 74.6 Å². The summed E-state index contributed by atoms with van der Waals surface area (Å²) in [6.45, 7) is 3.24.